The molecule has 2 aliphatic heterocycles. The average Bonchev–Trinajstić information content (AvgIpc) is 3.13. The third-order valence-electron chi connectivity index (χ3n) is 5.57. The predicted octanol–water partition coefficient (Wildman–Crippen LogP) is 3.25. The molecular weight excluding hydrogens is 320 g/mol. The van der Waals surface area contributed by atoms with Gasteiger partial charge in [0, 0.05) is 17.6 Å². The number of carbonyl (C=O) groups is 2. The summed E-state index contributed by atoms with van der Waals surface area (Å²) in [6.45, 7) is 11.5. The summed E-state index contributed by atoms with van der Waals surface area (Å²) in [6, 6.07) is 0. The molecule has 0 saturated carbocycles. The molecule has 0 aromatic heterocycles. The van der Waals surface area contributed by atoms with Crippen molar-refractivity contribution in [1.82, 2.24) is 0 Å². The van der Waals surface area contributed by atoms with Crippen LogP contribution in [0.5, 0.6) is 0 Å². The molecule has 136 valence electrons. The third kappa shape index (κ3) is 3.30. The maximum absolute atomic E-state index is 12.3. The first-order valence-electron chi connectivity index (χ1n) is 8.84. The van der Waals surface area contributed by atoms with Crippen LogP contribution in [0.1, 0.15) is 47.0 Å². The molecule has 2 fully saturated rings. The van der Waals surface area contributed by atoms with Gasteiger partial charge in [0.05, 0.1) is 11.5 Å². The fourth-order valence-electron chi connectivity index (χ4n) is 3.76. The van der Waals surface area contributed by atoms with E-state index >= 15 is 0 Å². The highest BCUT2D eigenvalue weighted by Gasteiger charge is 2.63. The van der Waals surface area contributed by atoms with E-state index in [1.54, 1.807) is 19.9 Å². The second kappa shape index (κ2) is 6.45. The molecule has 5 atom stereocenters. The fourth-order valence-corrected chi connectivity index (χ4v) is 3.76. The lowest BCUT2D eigenvalue weighted by Gasteiger charge is -2.28. The molecule has 2 heterocycles. The minimum absolute atomic E-state index is 0.170. The van der Waals surface area contributed by atoms with Crippen molar-refractivity contribution >= 4 is 11.9 Å². The minimum Gasteiger partial charge on any atom is -0.458 e. The molecule has 25 heavy (non-hydrogen) atoms. The van der Waals surface area contributed by atoms with Crippen LogP contribution in [0.3, 0.4) is 0 Å². The summed E-state index contributed by atoms with van der Waals surface area (Å²) in [5, 5.41) is 0. The number of hydrogen-bond acceptors (Lipinski definition) is 5. The Kier molecular flexibility index (Phi) is 4.62. The minimum atomic E-state index is -0.492. The summed E-state index contributed by atoms with van der Waals surface area (Å²) in [6.07, 6.45) is 5.10. The molecule has 0 radical (unpaired) electrons. The van der Waals surface area contributed by atoms with Gasteiger partial charge < -0.3 is 14.2 Å². The molecule has 0 aromatic rings. The molecule has 2 saturated heterocycles. The molecule has 5 nitrogen and oxygen atoms in total. The molecule has 0 bridgehead atoms. The molecule has 1 aliphatic carbocycles. The normalized spacial score (nSPS) is 40.3. The predicted molar refractivity (Wildman–Crippen MR) is 92.7 cm³/mol. The van der Waals surface area contributed by atoms with Crippen molar-refractivity contribution in [2.75, 3.05) is 0 Å². The maximum atomic E-state index is 12.3. The van der Waals surface area contributed by atoms with Crippen LogP contribution in [0, 0.1) is 5.92 Å². The lowest BCUT2D eigenvalue weighted by Crippen LogP contribution is -2.38. The van der Waals surface area contributed by atoms with Crippen molar-refractivity contribution in [2.45, 2.75) is 70.9 Å². The van der Waals surface area contributed by atoms with Crippen molar-refractivity contribution in [3.63, 3.8) is 0 Å². The van der Waals surface area contributed by atoms with Gasteiger partial charge in [-0.3, -0.25) is 0 Å². The molecule has 0 amide bonds. The number of rotatable bonds is 2. The number of hydrogen-bond donors (Lipinski definition) is 0. The Hall–Kier alpha value is -1.88. The molecule has 0 N–H and O–H groups in total. The van der Waals surface area contributed by atoms with Crippen molar-refractivity contribution in [3.05, 3.63) is 35.5 Å². The van der Waals surface area contributed by atoms with E-state index in [4.69, 9.17) is 14.2 Å². The van der Waals surface area contributed by atoms with E-state index in [1.807, 2.05) is 13.8 Å². The number of fused-ring (bicyclic) bond motifs is 3. The topological polar surface area (TPSA) is 65.1 Å². The number of epoxide rings is 1. The molecular formula is C20H26O5. The summed E-state index contributed by atoms with van der Waals surface area (Å²) >= 11 is 0. The number of allylic oxidation sites excluding steroid dienone is 2. The Morgan fingerprint density at radius 2 is 2.20 bits per heavy atom. The van der Waals surface area contributed by atoms with E-state index in [2.05, 4.69) is 12.7 Å². The first kappa shape index (κ1) is 17.9. The Morgan fingerprint density at radius 3 is 2.88 bits per heavy atom. The maximum Gasteiger partial charge on any atom is 0.334 e. The summed E-state index contributed by atoms with van der Waals surface area (Å²) in [5.74, 6) is -1.17. The SMILES string of the molecule is C=C1C(=O)O[C@H]2[C@H]1[C@H](OC(=O)/C(C)=C\C)C/C(C)=C\CC[C@@]1(C)O[C@H]21. The fraction of sp³-hybridized carbons (Fsp3) is 0.600. The van der Waals surface area contributed by atoms with Crippen LogP contribution < -0.4 is 0 Å². The second-order valence-electron chi connectivity index (χ2n) is 7.48. The standard InChI is InChI=1S/C20H26O5/c1-6-12(3)18(21)23-14-10-11(2)8-7-9-20(5)17(25-20)16-15(14)13(4)19(22)24-16/h6,8,14-17H,4,7,9-10H2,1-3,5H3/b11-8-,12-6-/t14-,15-,16+,17-,20-/m1/s1. The zero-order valence-electron chi connectivity index (χ0n) is 15.3. The van der Waals surface area contributed by atoms with Crippen LogP contribution in [-0.4, -0.2) is 35.9 Å². The van der Waals surface area contributed by atoms with E-state index in [-0.39, 0.29) is 23.6 Å². The van der Waals surface area contributed by atoms with E-state index in [1.165, 1.54) is 0 Å². The van der Waals surface area contributed by atoms with Gasteiger partial charge in [0.15, 0.2) is 0 Å². The summed E-state index contributed by atoms with van der Waals surface area (Å²) in [5.41, 5.74) is 1.74. The van der Waals surface area contributed by atoms with Crippen LogP contribution in [0.25, 0.3) is 0 Å². The van der Waals surface area contributed by atoms with Crippen molar-refractivity contribution in [2.24, 2.45) is 5.92 Å². The largest absolute Gasteiger partial charge is 0.458 e. The lowest BCUT2D eigenvalue weighted by atomic mass is 9.82. The van der Waals surface area contributed by atoms with Crippen LogP contribution >= 0.6 is 0 Å². The highest BCUT2D eigenvalue weighted by molar-refractivity contribution is 5.91. The highest BCUT2D eigenvalue weighted by atomic mass is 16.6. The van der Waals surface area contributed by atoms with Gasteiger partial charge in [-0.05, 0) is 40.5 Å². The summed E-state index contributed by atoms with van der Waals surface area (Å²) < 4.78 is 17.3. The van der Waals surface area contributed by atoms with Crippen LogP contribution in [-0.2, 0) is 23.8 Å². The van der Waals surface area contributed by atoms with Gasteiger partial charge in [-0.2, -0.15) is 0 Å². The first-order valence-corrected chi connectivity index (χ1v) is 8.84. The Balaban J connectivity index is 1.94. The zero-order valence-corrected chi connectivity index (χ0v) is 15.3. The smallest absolute Gasteiger partial charge is 0.334 e. The number of ether oxygens (including phenoxy) is 3. The Labute approximate surface area is 148 Å². The van der Waals surface area contributed by atoms with E-state index in [0.717, 1.165) is 18.4 Å². The van der Waals surface area contributed by atoms with Crippen molar-refractivity contribution in [3.8, 4) is 0 Å². The van der Waals surface area contributed by atoms with Gasteiger partial charge in [-0.15, -0.1) is 0 Å². The van der Waals surface area contributed by atoms with Gasteiger partial charge in [0.25, 0.3) is 0 Å². The summed E-state index contributed by atoms with van der Waals surface area (Å²) in [4.78, 5) is 24.5. The average molecular weight is 346 g/mol. The molecule has 0 unspecified atom stereocenters. The zero-order chi connectivity index (χ0) is 18.4. The van der Waals surface area contributed by atoms with Crippen molar-refractivity contribution < 1.29 is 23.8 Å². The van der Waals surface area contributed by atoms with Gasteiger partial charge in [0.1, 0.15) is 18.3 Å². The molecule has 0 aromatic carbocycles. The van der Waals surface area contributed by atoms with Gasteiger partial charge >= 0.3 is 11.9 Å². The van der Waals surface area contributed by atoms with E-state index < -0.39 is 18.2 Å². The van der Waals surface area contributed by atoms with Gasteiger partial charge in [-0.1, -0.05) is 24.3 Å². The van der Waals surface area contributed by atoms with Crippen LogP contribution in [0.2, 0.25) is 0 Å². The third-order valence-corrected chi connectivity index (χ3v) is 5.57. The van der Waals surface area contributed by atoms with E-state index in [0.29, 0.717) is 17.6 Å². The number of esters is 2. The van der Waals surface area contributed by atoms with Crippen LogP contribution in [0.4, 0.5) is 0 Å². The van der Waals surface area contributed by atoms with E-state index in [9.17, 15) is 9.59 Å². The van der Waals surface area contributed by atoms with Gasteiger partial charge in [0.2, 0.25) is 0 Å². The molecule has 3 aliphatic rings. The first-order chi connectivity index (χ1) is 11.8. The molecule has 5 heteroatoms. The second-order valence-corrected chi connectivity index (χ2v) is 7.48. The number of carbonyl (C=O) groups excluding carboxylic acids is 2. The van der Waals surface area contributed by atoms with Gasteiger partial charge in [-0.25, -0.2) is 9.59 Å². The van der Waals surface area contributed by atoms with Crippen LogP contribution in [0.15, 0.2) is 35.5 Å². The highest BCUT2D eigenvalue weighted by Crippen LogP contribution is 2.50. The summed E-state index contributed by atoms with van der Waals surface area (Å²) in [7, 11) is 0. The quantitative estimate of drug-likeness (QED) is 0.332. The Morgan fingerprint density at radius 1 is 1.48 bits per heavy atom. The molecule has 3 rings (SSSR count). The molecule has 0 spiro atoms. The van der Waals surface area contributed by atoms with Crippen molar-refractivity contribution in [1.29, 1.82) is 0 Å². The Bertz CT molecular complexity index is 674. The monoisotopic (exact) mass is 346 g/mol. The lowest BCUT2D eigenvalue weighted by molar-refractivity contribution is -0.148.